The molecule has 0 saturated heterocycles. The van der Waals surface area contributed by atoms with Crippen LogP contribution in [0.3, 0.4) is 0 Å². The van der Waals surface area contributed by atoms with Crippen molar-refractivity contribution in [3.8, 4) is 17.0 Å². The molecule has 0 saturated carbocycles. The first-order valence-electron chi connectivity index (χ1n) is 8.68. The van der Waals surface area contributed by atoms with Crippen LogP contribution in [0.5, 0.6) is 5.75 Å². The van der Waals surface area contributed by atoms with Gasteiger partial charge in [-0.15, -0.1) is 0 Å². The van der Waals surface area contributed by atoms with E-state index in [1.807, 2.05) is 19.9 Å². The smallest absolute Gasteiger partial charge is 0.260 e. The number of fused-ring (bicyclic) bond motifs is 1. The van der Waals surface area contributed by atoms with Crippen molar-refractivity contribution in [1.82, 2.24) is 9.97 Å². The second kappa shape index (κ2) is 6.98. The second-order valence-corrected chi connectivity index (χ2v) is 7.38. The van der Waals surface area contributed by atoms with Crippen LogP contribution in [0.1, 0.15) is 27.2 Å². The van der Waals surface area contributed by atoms with E-state index >= 15 is 0 Å². The number of methoxy groups -OCH3 is 1. The van der Waals surface area contributed by atoms with E-state index in [2.05, 4.69) is 25.9 Å². The van der Waals surface area contributed by atoms with E-state index < -0.39 is 5.82 Å². The van der Waals surface area contributed by atoms with Gasteiger partial charge in [-0.3, -0.25) is 14.7 Å². The molecule has 1 amide bonds. The molecule has 1 aromatic carbocycles. The maximum Gasteiger partial charge on any atom is 0.260 e. The number of aromatic nitrogens is 2. The lowest BCUT2D eigenvalue weighted by molar-refractivity contribution is 0.0996. The third-order valence-corrected chi connectivity index (χ3v) is 6.05. The molecule has 28 heavy (non-hydrogen) atoms. The van der Waals surface area contributed by atoms with E-state index in [1.54, 1.807) is 23.1 Å². The molecule has 0 radical (unpaired) electrons. The number of halogens is 2. The number of carbonyl (C=O) groups is 1. The van der Waals surface area contributed by atoms with Gasteiger partial charge in [0.25, 0.3) is 5.91 Å². The number of hydrogen-bond acceptors (Lipinski definition) is 4. The van der Waals surface area contributed by atoms with Crippen LogP contribution in [0.2, 0.25) is 0 Å². The number of amides is 1. The number of anilines is 1. The maximum absolute atomic E-state index is 14.6. The lowest BCUT2D eigenvalue weighted by atomic mass is 10.0. The molecule has 0 spiro atoms. The van der Waals surface area contributed by atoms with Gasteiger partial charge in [0.2, 0.25) is 0 Å². The van der Waals surface area contributed by atoms with Gasteiger partial charge in [0.05, 0.1) is 30.6 Å². The van der Waals surface area contributed by atoms with Gasteiger partial charge in [0.1, 0.15) is 17.4 Å². The van der Waals surface area contributed by atoms with Gasteiger partial charge >= 0.3 is 0 Å². The number of pyridine rings is 2. The summed E-state index contributed by atoms with van der Waals surface area (Å²) in [5.41, 5.74) is 3.61. The van der Waals surface area contributed by atoms with Crippen molar-refractivity contribution in [2.24, 2.45) is 0 Å². The summed E-state index contributed by atoms with van der Waals surface area (Å²) in [7, 11) is 1.48. The minimum atomic E-state index is -0.445. The molecule has 0 bridgehead atoms. The Labute approximate surface area is 170 Å². The monoisotopic (exact) mass is 441 g/mol. The molecule has 3 aromatic rings. The Morgan fingerprint density at radius 3 is 2.75 bits per heavy atom. The Balaban J connectivity index is 1.85. The number of carbonyl (C=O) groups excluding carboxylic acids is 1. The van der Waals surface area contributed by atoms with Crippen LogP contribution < -0.4 is 9.64 Å². The molecule has 3 heterocycles. The number of hydrogen-bond donors (Lipinski definition) is 0. The highest BCUT2D eigenvalue weighted by Gasteiger charge is 2.33. The average molecular weight is 442 g/mol. The molecule has 1 aliphatic heterocycles. The van der Waals surface area contributed by atoms with Gasteiger partial charge in [0.15, 0.2) is 0 Å². The molecule has 0 fully saturated rings. The third kappa shape index (κ3) is 2.86. The van der Waals surface area contributed by atoms with E-state index in [9.17, 15) is 9.18 Å². The molecule has 142 valence electrons. The fourth-order valence-corrected chi connectivity index (χ4v) is 3.67. The SMILES string of the molecule is COc1cccc(F)c1-c1nccc2c1CN(c1cc(C)c(Br)c(C)n1)C2=O. The van der Waals surface area contributed by atoms with E-state index in [0.29, 0.717) is 28.4 Å². The van der Waals surface area contributed by atoms with Gasteiger partial charge in [-0.2, -0.15) is 0 Å². The second-order valence-electron chi connectivity index (χ2n) is 6.59. The van der Waals surface area contributed by atoms with Crippen molar-refractivity contribution < 1.29 is 13.9 Å². The lowest BCUT2D eigenvalue weighted by Crippen LogP contribution is -2.24. The molecule has 7 heteroatoms. The summed E-state index contributed by atoms with van der Waals surface area (Å²) in [5.74, 6) is 0.313. The topological polar surface area (TPSA) is 55.3 Å². The van der Waals surface area contributed by atoms with E-state index in [-0.39, 0.29) is 18.0 Å². The first kappa shape index (κ1) is 18.6. The molecule has 5 nitrogen and oxygen atoms in total. The quantitative estimate of drug-likeness (QED) is 0.583. The lowest BCUT2D eigenvalue weighted by Gasteiger charge is -2.17. The van der Waals surface area contributed by atoms with Crippen LogP contribution in [0.15, 0.2) is 41.0 Å². The molecule has 1 aliphatic rings. The first-order valence-corrected chi connectivity index (χ1v) is 9.48. The predicted octanol–water partition coefficient (Wildman–Crippen LogP) is 4.83. The predicted molar refractivity (Wildman–Crippen MR) is 108 cm³/mol. The summed E-state index contributed by atoms with van der Waals surface area (Å²) in [6, 6.07) is 8.13. The number of aryl methyl sites for hydroxylation is 2. The zero-order chi connectivity index (χ0) is 20.0. The Morgan fingerprint density at radius 1 is 1.25 bits per heavy atom. The maximum atomic E-state index is 14.6. The Hall–Kier alpha value is -2.80. The van der Waals surface area contributed by atoms with Crippen molar-refractivity contribution in [1.29, 1.82) is 0 Å². The molecule has 0 N–H and O–H groups in total. The van der Waals surface area contributed by atoms with Gasteiger partial charge in [-0.1, -0.05) is 6.07 Å². The van der Waals surface area contributed by atoms with Crippen molar-refractivity contribution in [3.63, 3.8) is 0 Å². The van der Waals surface area contributed by atoms with E-state index in [0.717, 1.165) is 15.7 Å². The molecular weight excluding hydrogens is 425 g/mol. The molecule has 2 aromatic heterocycles. The molecule has 0 atom stereocenters. The standard InChI is InChI=1S/C21H17BrFN3O2/c1-11-9-17(25-12(2)19(11)22)26-10-14-13(21(26)27)7-8-24-20(14)18-15(23)5-4-6-16(18)28-3/h4-9H,10H2,1-3H3. The fourth-order valence-electron chi connectivity index (χ4n) is 3.47. The van der Waals surface area contributed by atoms with Crippen LogP contribution in [0.4, 0.5) is 10.2 Å². The summed E-state index contributed by atoms with van der Waals surface area (Å²) in [6.07, 6.45) is 1.52. The average Bonchev–Trinajstić information content (AvgIpc) is 3.02. The van der Waals surface area contributed by atoms with Crippen LogP contribution in [-0.4, -0.2) is 23.0 Å². The van der Waals surface area contributed by atoms with Crippen LogP contribution in [0, 0.1) is 19.7 Å². The number of nitrogens with zero attached hydrogens (tertiary/aromatic N) is 3. The summed E-state index contributed by atoms with van der Waals surface area (Å²) in [4.78, 5) is 23.6. The Morgan fingerprint density at radius 2 is 2.04 bits per heavy atom. The van der Waals surface area contributed by atoms with Crippen molar-refractivity contribution >= 4 is 27.7 Å². The van der Waals surface area contributed by atoms with Crippen molar-refractivity contribution in [2.75, 3.05) is 12.0 Å². The van der Waals surface area contributed by atoms with Gasteiger partial charge < -0.3 is 4.74 Å². The number of benzene rings is 1. The highest BCUT2D eigenvalue weighted by atomic mass is 79.9. The minimum absolute atomic E-state index is 0.178. The van der Waals surface area contributed by atoms with Crippen LogP contribution in [-0.2, 0) is 6.54 Å². The minimum Gasteiger partial charge on any atom is -0.496 e. The summed E-state index contributed by atoms with van der Waals surface area (Å²) in [6.45, 7) is 4.10. The molecule has 0 unspecified atom stereocenters. The first-order chi connectivity index (χ1) is 13.4. The summed E-state index contributed by atoms with van der Waals surface area (Å²) < 4.78 is 20.9. The normalized spacial score (nSPS) is 13.0. The van der Waals surface area contributed by atoms with Gasteiger partial charge in [-0.05, 0) is 59.6 Å². The highest BCUT2D eigenvalue weighted by Crippen LogP contribution is 2.38. The van der Waals surface area contributed by atoms with Crippen LogP contribution >= 0.6 is 15.9 Å². The Bertz CT molecular complexity index is 1090. The van der Waals surface area contributed by atoms with Crippen molar-refractivity contribution in [2.45, 2.75) is 20.4 Å². The van der Waals surface area contributed by atoms with E-state index in [4.69, 9.17) is 4.74 Å². The molecule has 4 rings (SSSR count). The van der Waals surface area contributed by atoms with Crippen molar-refractivity contribution in [3.05, 3.63) is 69.2 Å². The summed E-state index contributed by atoms with van der Waals surface area (Å²) >= 11 is 3.50. The highest BCUT2D eigenvalue weighted by molar-refractivity contribution is 9.10. The number of ether oxygens (including phenoxy) is 1. The fraction of sp³-hybridized carbons (Fsp3) is 0.190. The zero-order valence-corrected chi connectivity index (χ0v) is 17.2. The van der Waals surface area contributed by atoms with Gasteiger partial charge in [-0.25, -0.2) is 9.37 Å². The molecular formula is C21H17BrFN3O2. The largest absolute Gasteiger partial charge is 0.496 e. The summed E-state index contributed by atoms with van der Waals surface area (Å²) in [5, 5.41) is 0. The Kier molecular flexibility index (Phi) is 4.63. The zero-order valence-electron chi connectivity index (χ0n) is 15.6. The van der Waals surface area contributed by atoms with E-state index in [1.165, 1.54) is 19.4 Å². The molecule has 0 aliphatic carbocycles. The van der Waals surface area contributed by atoms with Crippen LogP contribution in [0.25, 0.3) is 11.3 Å². The number of rotatable bonds is 3. The third-order valence-electron chi connectivity index (χ3n) is 4.85. The van der Waals surface area contributed by atoms with Gasteiger partial charge in [0, 0.05) is 21.8 Å².